The van der Waals surface area contributed by atoms with E-state index in [1.165, 1.54) is 32.1 Å². The van der Waals surface area contributed by atoms with Crippen molar-refractivity contribution in [2.45, 2.75) is 38.3 Å². The van der Waals surface area contributed by atoms with E-state index in [2.05, 4.69) is 17.3 Å². The number of methoxy groups -OCH3 is 1. The summed E-state index contributed by atoms with van der Waals surface area (Å²) in [5, 5.41) is 2.89. The fourth-order valence-electron chi connectivity index (χ4n) is 2.75. The Morgan fingerprint density at radius 3 is 3.00 bits per heavy atom. The van der Waals surface area contributed by atoms with Crippen LogP contribution >= 0.6 is 0 Å². The number of ether oxygens (including phenoxy) is 1. The molecule has 0 bridgehead atoms. The molecule has 1 heterocycles. The molecule has 0 unspecified atom stereocenters. The molecule has 1 saturated heterocycles. The van der Waals surface area contributed by atoms with E-state index in [9.17, 15) is 9.18 Å². The van der Waals surface area contributed by atoms with Crippen molar-refractivity contribution in [1.82, 2.24) is 10.2 Å². The van der Waals surface area contributed by atoms with Crippen molar-refractivity contribution >= 4 is 5.91 Å². The summed E-state index contributed by atoms with van der Waals surface area (Å²) < 4.78 is 18.2. The first-order chi connectivity index (χ1) is 10.1. The van der Waals surface area contributed by atoms with Crippen molar-refractivity contribution in [3.05, 3.63) is 29.6 Å². The van der Waals surface area contributed by atoms with Gasteiger partial charge in [0, 0.05) is 30.6 Å². The second-order valence-corrected chi connectivity index (χ2v) is 5.57. The van der Waals surface area contributed by atoms with Crippen LogP contribution in [0.5, 0.6) is 5.75 Å². The van der Waals surface area contributed by atoms with Crippen LogP contribution in [-0.2, 0) is 11.3 Å². The Bertz CT molecular complexity index is 493. The number of nitrogens with one attached hydrogen (secondary N) is 1. The Labute approximate surface area is 125 Å². The summed E-state index contributed by atoms with van der Waals surface area (Å²) in [6.07, 6.45) is 3.99. The van der Waals surface area contributed by atoms with E-state index in [4.69, 9.17) is 4.74 Å². The van der Waals surface area contributed by atoms with Gasteiger partial charge < -0.3 is 15.0 Å². The monoisotopic (exact) mass is 294 g/mol. The lowest BCUT2D eigenvalue weighted by Gasteiger charge is -2.31. The van der Waals surface area contributed by atoms with Crippen molar-refractivity contribution in [3.8, 4) is 5.75 Å². The number of nitrogens with zero attached hydrogens (tertiary/aromatic N) is 1. The van der Waals surface area contributed by atoms with Gasteiger partial charge in [0.15, 0.2) is 0 Å². The smallest absolute Gasteiger partial charge is 0.221 e. The Morgan fingerprint density at radius 1 is 1.48 bits per heavy atom. The van der Waals surface area contributed by atoms with Crippen molar-refractivity contribution < 1.29 is 13.9 Å². The molecule has 0 radical (unpaired) electrons. The highest BCUT2D eigenvalue weighted by Crippen LogP contribution is 2.20. The van der Waals surface area contributed by atoms with E-state index in [1.807, 2.05) is 0 Å². The quantitative estimate of drug-likeness (QED) is 0.906. The van der Waals surface area contributed by atoms with Crippen molar-refractivity contribution in [2.75, 3.05) is 20.7 Å². The SMILES string of the molecule is COc1cc(F)ccc1CNC(=O)C[C@H]1CCCCN1C. The highest BCUT2D eigenvalue weighted by molar-refractivity contribution is 5.76. The Balaban J connectivity index is 1.86. The molecule has 116 valence electrons. The number of hydrogen-bond acceptors (Lipinski definition) is 3. The minimum absolute atomic E-state index is 0.0279. The molecule has 1 aromatic rings. The fraction of sp³-hybridized carbons (Fsp3) is 0.562. The van der Waals surface area contributed by atoms with Crippen LogP contribution in [0, 0.1) is 5.82 Å². The Morgan fingerprint density at radius 2 is 2.29 bits per heavy atom. The zero-order chi connectivity index (χ0) is 15.2. The average Bonchev–Trinajstić information content (AvgIpc) is 2.48. The van der Waals surface area contributed by atoms with Gasteiger partial charge in [-0.15, -0.1) is 0 Å². The van der Waals surface area contributed by atoms with Gasteiger partial charge in [-0.1, -0.05) is 12.5 Å². The number of likely N-dealkylation sites (tertiary alicyclic amines) is 1. The van der Waals surface area contributed by atoms with E-state index in [1.54, 1.807) is 6.07 Å². The standard InChI is InChI=1S/C16H23FN2O2/c1-19-8-4-3-5-14(19)10-16(20)18-11-12-6-7-13(17)9-15(12)21-2/h6-7,9,14H,3-5,8,10-11H2,1-2H3,(H,18,20)/t14-/m1/s1. The summed E-state index contributed by atoms with van der Waals surface area (Å²) in [5.74, 6) is 0.149. The number of benzene rings is 1. The molecule has 5 heteroatoms. The molecular formula is C16H23FN2O2. The van der Waals surface area contributed by atoms with E-state index in [0.29, 0.717) is 24.8 Å². The molecule has 0 aromatic heterocycles. The number of piperidine rings is 1. The van der Waals surface area contributed by atoms with Crippen LogP contribution in [0.2, 0.25) is 0 Å². The zero-order valence-corrected chi connectivity index (χ0v) is 12.7. The van der Waals surface area contributed by atoms with Crippen LogP contribution < -0.4 is 10.1 Å². The molecule has 0 aliphatic carbocycles. The van der Waals surface area contributed by atoms with Gasteiger partial charge in [0.05, 0.1) is 7.11 Å². The second-order valence-electron chi connectivity index (χ2n) is 5.57. The third-order valence-corrected chi connectivity index (χ3v) is 4.07. The van der Waals surface area contributed by atoms with E-state index < -0.39 is 0 Å². The third kappa shape index (κ3) is 4.43. The maximum Gasteiger partial charge on any atom is 0.221 e. The Kier molecular flexibility index (Phi) is 5.56. The Hall–Kier alpha value is -1.62. The predicted octanol–water partition coefficient (Wildman–Crippen LogP) is 2.32. The topological polar surface area (TPSA) is 41.6 Å². The second kappa shape index (κ2) is 7.41. The first-order valence-corrected chi connectivity index (χ1v) is 7.39. The summed E-state index contributed by atoms with van der Waals surface area (Å²) in [5.41, 5.74) is 0.782. The largest absolute Gasteiger partial charge is 0.496 e. The molecule has 4 nitrogen and oxygen atoms in total. The maximum atomic E-state index is 13.1. The van der Waals surface area contributed by atoms with Gasteiger partial charge in [0.25, 0.3) is 0 Å². The maximum absolute atomic E-state index is 13.1. The summed E-state index contributed by atoms with van der Waals surface area (Å²) in [4.78, 5) is 14.3. The average molecular weight is 294 g/mol. The molecule has 1 aromatic carbocycles. The first kappa shape index (κ1) is 15.8. The first-order valence-electron chi connectivity index (χ1n) is 7.39. The van der Waals surface area contributed by atoms with Gasteiger partial charge >= 0.3 is 0 Å². The van der Waals surface area contributed by atoms with Crippen molar-refractivity contribution in [3.63, 3.8) is 0 Å². The van der Waals surface area contributed by atoms with Gasteiger partial charge in [-0.3, -0.25) is 4.79 Å². The highest BCUT2D eigenvalue weighted by atomic mass is 19.1. The molecule has 1 fully saturated rings. The number of halogens is 1. The molecule has 0 saturated carbocycles. The van der Waals surface area contributed by atoms with Crippen LogP contribution in [0.4, 0.5) is 4.39 Å². The molecule has 0 spiro atoms. The van der Waals surface area contributed by atoms with Gasteiger partial charge in [0.2, 0.25) is 5.91 Å². The van der Waals surface area contributed by atoms with Crippen LogP contribution in [0.15, 0.2) is 18.2 Å². The van der Waals surface area contributed by atoms with Gasteiger partial charge in [0.1, 0.15) is 11.6 Å². The number of hydrogen-bond donors (Lipinski definition) is 1. The van der Waals surface area contributed by atoms with Crippen LogP contribution in [0.1, 0.15) is 31.2 Å². The van der Waals surface area contributed by atoms with E-state index in [0.717, 1.165) is 18.5 Å². The summed E-state index contributed by atoms with van der Waals surface area (Å²) in [7, 11) is 3.57. The van der Waals surface area contributed by atoms with E-state index >= 15 is 0 Å². The van der Waals surface area contributed by atoms with Crippen LogP contribution in [-0.4, -0.2) is 37.6 Å². The highest BCUT2D eigenvalue weighted by Gasteiger charge is 2.21. The lowest BCUT2D eigenvalue weighted by molar-refractivity contribution is -0.122. The molecule has 1 aliphatic heterocycles. The fourth-order valence-corrected chi connectivity index (χ4v) is 2.75. The summed E-state index contributed by atoms with van der Waals surface area (Å²) in [6, 6.07) is 4.67. The third-order valence-electron chi connectivity index (χ3n) is 4.07. The minimum Gasteiger partial charge on any atom is -0.496 e. The molecule has 1 aliphatic rings. The van der Waals surface area contributed by atoms with Crippen LogP contribution in [0.3, 0.4) is 0 Å². The van der Waals surface area contributed by atoms with Gasteiger partial charge in [-0.25, -0.2) is 4.39 Å². The summed E-state index contributed by atoms with van der Waals surface area (Å²) >= 11 is 0. The predicted molar refractivity (Wildman–Crippen MR) is 79.7 cm³/mol. The van der Waals surface area contributed by atoms with Crippen molar-refractivity contribution in [2.24, 2.45) is 0 Å². The normalized spacial score (nSPS) is 19.3. The number of amides is 1. The van der Waals surface area contributed by atoms with Gasteiger partial charge in [-0.05, 0) is 32.5 Å². The zero-order valence-electron chi connectivity index (χ0n) is 12.7. The lowest BCUT2D eigenvalue weighted by atomic mass is 10.00. The molecule has 1 atom stereocenters. The minimum atomic E-state index is -0.342. The summed E-state index contributed by atoms with van der Waals surface area (Å²) in [6.45, 7) is 1.42. The number of carbonyl (C=O) groups is 1. The van der Waals surface area contributed by atoms with Crippen LogP contribution in [0.25, 0.3) is 0 Å². The van der Waals surface area contributed by atoms with E-state index in [-0.39, 0.29) is 11.7 Å². The molecule has 1 amide bonds. The molecular weight excluding hydrogens is 271 g/mol. The molecule has 2 rings (SSSR count). The molecule has 1 N–H and O–H groups in total. The lowest BCUT2D eigenvalue weighted by Crippen LogP contribution is -2.40. The molecule has 21 heavy (non-hydrogen) atoms. The number of rotatable bonds is 5. The number of carbonyl (C=O) groups excluding carboxylic acids is 1. The van der Waals surface area contributed by atoms with Crippen molar-refractivity contribution in [1.29, 1.82) is 0 Å². The van der Waals surface area contributed by atoms with Gasteiger partial charge in [-0.2, -0.15) is 0 Å².